The highest BCUT2D eigenvalue weighted by molar-refractivity contribution is 5.47. The number of aryl methyl sites for hydroxylation is 1. The Balaban J connectivity index is 1.49. The van der Waals surface area contributed by atoms with Crippen LogP contribution in [0.1, 0.15) is 12.1 Å². The molecule has 2 aromatic rings. The van der Waals surface area contributed by atoms with E-state index in [1.54, 1.807) is 12.4 Å². The molecule has 0 spiro atoms. The molecule has 1 fully saturated rings. The topological polar surface area (TPSA) is 33.1 Å². The molecule has 2 heterocycles. The highest BCUT2D eigenvalue weighted by Crippen LogP contribution is 2.25. The van der Waals surface area contributed by atoms with Crippen molar-refractivity contribution in [1.29, 1.82) is 0 Å². The molecule has 0 radical (unpaired) electrons. The zero-order valence-electron chi connectivity index (χ0n) is 12.6. The van der Waals surface area contributed by atoms with Crippen LogP contribution >= 0.6 is 0 Å². The van der Waals surface area contributed by atoms with Gasteiger partial charge in [-0.25, -0.2) is 13.8 Å². The van der Waals surface area contributed by atoms with E-state index in [0.717, 1.165) is 44.0 Å². The molecule has 0 aliphatic carbocycles. The molecule has 0 saturated carbocycles. The number of hydrogen-bond donors (Lipinski definition) is 1. The minimum atomic E-state index is -0.794. The van der Waals surface area contributed by atoms with E-state index in [1.807, 2.05) is 17.8 Å². The number of rotatable bonds is 5. The van der Waals surface area contributed by atoms with E-state index >= 15 is 0 Å². The Labute approximate surface area is 128 Å². The number of halogens is 2. The van der Waals surface area contributed by atoms with Gasteiger partial charge in [0.1, 0.15) is 0 Å². The summed E-state index contributed by atoms with van der Waals surface area (Å²) in [5, 5.41) is 3.44. The van der Waals surface area contributed by atoms with Crippen molar-refractivity contribution in [3.63, 3.8) is 0 Å². The third-order valence-electron chi connectivity index (χ3n) is 4.21. The lowest BCUT2D eigenvalue weighted by Gasteiger charge is -2.19. The van der Waals surface area contributed by atoms with Crippen molar-refractivity contribution in [2.75, 3.05) is 24.5 Å². The maximum absolute atomic E-state index is 13.3. The van der Waals surface area contributed by atoms with Gasteiger partial charge in [-0.3, -0.25) is 0 Å². The predicted octanol–water partition coefficient (Wildman–Crippen LogP) is 2.31. The highest BCUT2D eigenvalue weighted by Gasteiger charge is 2.23. The van der Waals surface area contributed by atoms with Crippen LogP contribution in [0.5, 0.6) is 0 Å². The van der Waals surface area contributed by atoms with Crippen LogP contribution in [0.4, 0.5) is 14.5 Å². The summed E-state index contributed by atoms with van der Waals surface area (Å²) < 4.78 is 28.3. The normalized spacial score (nSPS) is 18.1. The molecule has 1 saturated heterocycles. The number of aromatic nitrogens is 2. The fourth-order valence-electron chi connectivity index (χ4n) is 2.87. The fraction of sp³-hybridized carbons (Fsp3) is 0.438. The van der Waals surface area contributed by atoms with E-state index in [0.29, 0.717) is 5.92 Å². The van der Waals surface area contributed by atoms with Crippen LogP contribution in [0.15, 0.2) is 30.7 Å². The summed E-state index contributed by atoms with van der Waals surface area (Å²) in [5.41, 5.74) is 1.91. The molecular formula is C16H20F2N4. The summed E-state index contributed by atoms with van der Waals surface area (Å²) in [4.78, 5) is 6.20. The number of nitrogens with zero attached hydrogens (tertiary/aromatic N) is 3. The van der Waals surface area contributed by atoms with Crippen molar-refractivity contribution in [3.05, 3.63) is 48.1 Å². The van der Waals surface area contributed by atoms with Crippen LogP contribution in [0.25, 0.3) is 0 Å². The molecule has 1 atom stereocenters. The van der Waals surface area contributed by atoms with Crippen LogP contribution < -0.4 is 10.2 Å². The van der Waals surface area contributed by atoms with Gasteiger partial charge in [0.15, 0.2) is 11.6 Å². The molecule has 1 aliphatic heterocycles. The number of benzene rings is 1. The Bertz CT molecular complexity index is 641. The third-order valence-corrected chi connectivity index (χ3v) is 4.21. The van der Waals surface area contributed by atoms with Crippen molar-refractivity contribution in [2.24, 2.45) is 13.0 Å². The maximum Gasteiger partial charge on any atom is 0.160 e. The van der Waals surface area contributed by atoms with Gasteiger partial charge in [-0.2, -0.15) is 0 Å². The summed E-state index contributed by atoms with van der Waals surface area (Å²) >= 11 is 0. The highest BCUT2D eigenvalue weighted by atomic mass is 19.2. The van der Waals surface area contributed by atoms with Crippen LogP contribution in [0, 0.1) is 17.6 Å². The van der Waals surface area contributed by atoms with Crippen LogP contribution in [0.2, 0.25) is 0 Å². The molecule has 118 valence electrons. The second-order valence-corrected chi connectivity index (χ2v) is 5.83. The first-order chi connectivity index (χ1) is 10.6. The summed E-state index contributed by atoms with van der Waals surface area (Å²) in [6.07, 6.45) is 4.70. The maximum atomic E-state index is 13.3. The summed E-state index contributed by atoms with van der Waals surface area (Å²) in [6.45, 7) is 3.44. The molecule has 0 amide bonds. The lowest BCUT2D eigenvalue weighted by atomic mass is 10.1. The van der Waals surface area contributed by atoms with Crippen molar-refractivity contribution in [3.8, 4) is 0 Å². The first-order valence-electron chi connectivity index (χ1n) is 7.49. The smallest absolute Gasteiger partial charge is 0.160 e. The van der Waals surface area contributed by atoms with E-state index in [1.165, 1.54) is 12.1 Å². The van der Waals surface area contributed by atoms with Gasteiger partial charge in [0, 0.05) is 51.2 Å². The summed E-state index contributed by atoms with van der Waals surface area (Å²) in [6, 6.07) is 4.11. The summed E-state index contributed by atoms with van der Waals surface area (Å²) in [5.74, 6) is -1.06. The number of imidazole rings is 1. The van der Waals surface area contributed by atoms with Gasteiger partial charge >= 0.3 is 0 Å². The Kier molecular flexibility index (Phi) is 4.38. The van der Waals surface area contributed by atoms with E-state index < -0.39 is 11.6 Å². The first kappa shape index (κ1) is 15.0. The lowest BCUT2D eigenvalue weighted by Crippen LogP contribution is -2.26. The van der Waals surface area contributed by atoms with Gasteiger partial charge < -0.3 is 14.8 Å². The largest absolute Gasteiger partial charge is 0.371 e. The minimum Gasteiger partial charge on any atom is -0.371 e. The molecule has 1 aliphatic rings. The number of anilines is 1. The van der Waals surface area contributed by atoms with E-state index in [4.69, 9.17) is 0 Å². The molecular weight excluding hydrogens is 286 g/mol. The summed E-state index contributed by atoms with van der Waals surface area (Å²) in [7, 11) is 1.98. The average molecular weight is 306 g/mol. The molecule has 0 bridgehead atoms. The average Bonchev–Trinajstić information content (AvgIpc) is 3.12. The monoisotopic (exact) mass is 306 g/mol. The Morgan fingerprint density at radius 1 is 1.32 bits per heavy atom. The third kappa shape index (κ3) is 3.27. The fourth-order valence-corrected chi connectivity index (χ4v) is 2.87. The zero-order chi connectivity index (χ0) is 15.5. The number of hydrogen-bond acceptors (Lipinski definition) is 3. The van der Waals surface area contributed by atoms with Gasteiger partial charge in [0.25, 0.3) is 0 Å². The molecule has 1 aromatic carbocycles. The molecule has 1 N–H and O–H groups in total. The molecule has 1 aromatic heterocycles. The van der Waals surface area contributed by atoms with Gasteiger partial charge in [-0.05, 0) is 24.5 Å². The van der Waals surface area contributed by atoms with Crippen molar-refractivity contribution >= 4 is 5.69 Å². The zero-order valence-corrected chi connectivity index (χ0v) is 12.6. The van der Waals surface area contributed by atoms with Crippen molar-refractivity contribution in [2.45, 2.75) is 13.0 Å². The quantitative estimate of drug-likeness (QED) is 0.920. The standard InChI is InChI=1S/C16H20F2N4/c1-21-11-20-9-14(21)8-19-7-12-4-5-22(10-12)13-2-3-15(17)16(18)6-13/h2-3,6,9,11-12,19H,4-5,7-8,10H2,1H3/t12-/m0/s1. The molecule has 4 nitrogen and oxygen atoms in total. The van der Waals surface area contributed by atoms with Gasteiger partial charge in [0.2, 0.25) is 0 Å². The molecule has 22 heavy (non-hydrogen) atoms. The van der Waals surface area contributed by atoms with Crippen molar-refractivity contribution < 1.29 is 8.78 Å². The predicted molar refractivity (Wildman–Crippen MR) is 81.6 cm³/mol. The minimum absolute atomic E-state index is 0.515. The second kappa shape index (κ2) is 6.44. The first-order valence-corrected chi connectivity index (χ1v) is 7.49. The number of nitrogens with one attached hydrogen (secondary N) is 1. The van der Waals surface area contributed by atoms with E-state index in [2.05, 4.69) is 15.2 Å². The Hall–Kier alpha value is -1.95. The Morgan fingerprint density at radius 2 is 2.18 bits per heavy atom. The molecule has 3 rings (SSSR count). The van der Waals surface area contributed by atoms with Crippen LogP contribution in [-0.4, -0.2) is 29.2 Å². The second-order valence-electron chi connectivity index (χ2n) is 5.83. The Morgan fingerprint density at radius 3 is 2.91 bits per heavy atom. The van der Waals surface area contributed by atoms with E-state index in [-0.39, 0.29) is 0 Å². The van der Waals surface area contributed by atoms with Crippen LogP contribution in [0.3, 0.4) is 0 Å². The van der Waals surface area contributed by atoms with Crippen LogP contribution in [-0.2, 0) is 13.6 Å². The lowest BCUT2D eigenvalue weighted by molar-refractivity contribution is 0.506. The SMILES string of the molecule is Cn1cncc1CNC[C@@H]1CCN(c2ccc(F)c(F)c2)C1. The van der Waals surface area contributed by atoms with E-state index in [9.17, 15) is 8.78 Å². The van der Waals surface area contributed by atoms with Gasteiger partial charge in [-0.1, -0.05) is 0 Å². The molecule has 0 unspecified atom stereocenters. The van der Waals surface area contributed by atoms with Crippen molar-refractivity contribution in [1.82, 2.24) is 14.9 Å². The van der Waals surface area contributed by atoms with Gasteiger partial charge in [0.05, 0.1) is 12.0 Å². The van der Waals surface area contributed by atoms with Gasteiger partial charge in [-0.15, -0.1) is 0 Å². The molecule has 6 heteroatoms.